The summed E-state index contributed by atoms with van der Waals surface area (Å²) in [4.78, 5) is 34.5. The number of amides is 1. The summed E-state index contributed by atoms with van der Waals surface area (Å²) in [5, 5.41) is 2.87. The molecule has 1 amide bonds. The molecule has 0 atom stereocenters. The third kappa shape index (κ3) is 5.13. The Balaban J connectivity index is 1.49. The van der Waals surface area contributed by atoms with Gasteiger partial charge >= 0.3 is 0 Å². The number of hydrogen-bond donors (Lipinski definition) is 1. The maximum atomic E-state index is 13.0. The Hall–Kier alpha value is -4.32. The molecule has 3 aromatic carbocycles. The number of methoxy groups -OCH3 is 1. The Morgan fingerprint density at radius 3 is 2.27 bits per heavy atom. The van der Waals surface area contributed by atoms with Gasteiger partial charge in [0.2, 0.25) is 0 Å². The molecular weight excluding hydrogens is 414 g/mol. The van der Waals surface area contributed by atoms with Crippen LogP contribution in [0, 0.1) is 6.92 Å². The zero-order valence-corrected chi connectivity index (χ0v) is 18.4. The highest BCUT2D eigenvalue weighted by Gasteiger charge is 2.18. The third-order valence-electron chi connectivity index (χ3n) is 5.27. The summed E-state index contributed by atoms with van der Waals surface area (Å²) in [5.41, 5.74) is 4.61. The number of carbonyl (C=O) groups excluding carboxylic acids is 2. The molecule has 1 aromatic heterocycles. The van der Waals surface area contributed by atoms with Crippen molar-refractivity contribution in [1.82, 2.24) is 15.3 Å². The predicted molar refractivity (Wildman–Crippen MR) is 126 cm³/mol. The molecule has 1 N–H and O–H groups in total. The Morgan fingerprint density at radius 2 is 1.58 bits per heavy atom. The summed E-state index contributed by atoms with van der Waals surface area (Å²) in [7, 11) is 1.62. The van der Waals surface area contributed by atoms with Crippen molar-refractivity contribution in [2.75, 3.05) is 7.11 Å². The molecule has 0 radical (unpaired) electrons. The second-order valence-corrected chi connectivity index (χ2v) is 7.55. The first-order valence-corrected chi connectivity index (χ1v) is 10.5. The summed E-state index contributed by atoms with van der Waals surface area (Å²) in [6, 6.07) is 23.5. The van der Waals surface area contributed by atoms with Gasteiger partial charge < -0.3 is 10.1 Å². The summed E-state index contributed by atoms with van der Waals surface area (Å²) in [5.74, 6) is 0.236. The lowest BCUT2D eigenvalue weighted by atomic mass is 9.97. The van der Waals surface area contributed by atoms with Gasteiger partial charge in [0.05, 0.1) is 30.6 Å². The Labute approximate surface area is 192 Å². The quantitative estimate of drug-likeness (QED) is 0.427. The van der Waals surface area contributed by atoms with Gasteiger partial charge in [0.15, 0.2) is 5.78 Å². The number of nitrogens with one attached hydrogen (secondary N) is 1. The molecule has 164 valence electrons. The van der Waals surface area contributed by atoms with Crippen LogP contribution in [-0.4, -0.2) is 28.8 Å². The van der Waals surface area contributed by atoms with Gasteiger partial charge in [0.1, 0.15) is 12.1 Å². The zero-order valence-electron chi connectivity index (χ0n) is 18.4. The van der Waals surface area contributed by atoms with E-state index in [0.717, 1.165) is 22.6 Å². The van der Waals surface area contributed by atoms with E-state index >= 15 is 0 Å². The molecule has 1 heterocycles. The van der Waals surface area contributed by atoms with Crippen LogP contribution in [0.3, 0.4) is 0 Å². The Kier molecular flexibility index (Phi) is 6.55. The minimum atomic E-state index is -0.337. The lowest BCUT2D eigenvalue weighted by Crippen LogP contribution is -2.25. The van der Waals surface area contributed by atoms with Crippen LogP contribution in [0.15, 0.2) is 85.2 Å². The normalized spacial score (nSPS) is 10.5. The van der Waals surface area contributed by atoms with E-state index in [4.69, 9.17) is 4.74 Å². The fourth-order valence-corrected chi connectivity index (χ4v) is 3.42. The number of aryl methyl sites for hydroxylation is 1. The molecule has 4 aromatic rings. The first-order chi connectivity index (χ1) is 16.0. The molecule has 6 heteroatoms. The van der Waals surface area contributed by atoms with E-state index in [-0.39, 0.29) is 18.2 Å². The standard InChI is InChI=1S/C27H23N3O3/c1-18-7-9-20(10-8-18)26(31)23-5-3-4-6-24(23)27(32)28-16-21-15-25(30-17-29-21)19-11-13-22(33-2)14-12-19/h3-15,17H,16H2,1-2H3,(H,28,32). The lowest BCUT2D eigenvalue weighted by molar-refractivity contribution is 0.0939. The van der Waals surface area contributed by atoms with Gasteiger partial charge in [-0.15, -0.1) is 0 Å². The van der Waals surface area contributed by atoms with Crippen molar-refractivity contribution in [3.05, 3.63) is 113 Å². The molecule has 0 aliphatic heterocycles. The van der Waals surface area contributed by atoms with E-state index in [1.54, 1.807) is 43.5 Å². The van der Waals surface area contributed by atoms with Crippen molar-refractivity contribution < 1.29 is 14.3 Å². The Bertz CT molecular complexity index is 1280. The molecule has 6 nitrogen and oxygen atoms in total. The summed E-state index contributed by atoms with van der Waals surface area (Å²) >= 11 is 0. The van der Waals surface area contributed by atoms with Crippen LogP contribution in [0.25, 0.3) is 11.3 Å². The maximum absolute atomic E-state index is 13.0. The smallest absolute Gasteiger partial charge is 0.252 e. The molecule has 4 rings (SSSR count). The second-order valence-electron chi connectivity index (χ2n) is 7.55. The minimum Gasteiger partial charge on any atom is -0.497 e. The molecule has 0 bridgehead atoms. The molecule has 33 heavy (non-hydrogen) atoms. The molecule has 0 unspecified atom stereocenters. The average Bonchev–Trinajstić information content (AvgIpc) is 2.87. The van der Waals surface area contributed by atoms with E-state index in [1.165, 1.54) is 6.33 Å². The lowest BCUT2D eigenvalue weighted by Gasteiger charge is -2.10. The van der Waals surface area contributed by atoms with Crippen LogP contribution in [0.4, 0.5) is 0 Å². The van der Waals surface area contributed by atoms with Crippen molar-refractivity contribution in [3.63, 3.8) is 0 Å². The number of nitrogens with zero attached hydrogens (tertiary/aromatic N) is 2. The molecule has 0 aliphatic rings. The monoisotopic (exact) mass is 437 g/mol. The Morgan fingerprint density at radius 1 is 0.879 bits per heavy atom. The van der Waals surface area contributed by atoms with Gasteiger partial charge in [0.25, 0.3) is 5.91 Å². The fraction of sp³-hybridized carbons (Fsp3) is 0.111. The highest BCUT2D eigenvalue weighted by Crippen LogP contribution is 2.21. The second kappa shape index (κ2) is 9.87. The maximum Gasteiger partial charge on any atom is 0.252 e. The number of carbonyl (C=O) groups is 2. The molecule has 0 aliphatic carbocycles. The van der Waals surface area contributed by atoms with E-state index in [2.05, 4.69) is 15.3 Å². The molecular formula is C27H23N3O3. The summed E-state index contributed by atoms with van der Waals surface area (Å²) in [6.07, 6.45) is 1.47. The van der Waals surface area contributed by atoms with Crippen LogP contribution >= 0.6 is 0 Å². The molecule has 0 spiro atoms. The zero-order chi connectivity index (χ0) is 23.2. The molecule has 0 fully saturated rings. The average molecular weight is 437 g/mol. The van der Waals surface area contributed by atoms with Gasteiger partial charge in [-0.25, -0.2) is 9.97 Å². The van der Waals surface area contributed by atoms with E-state index in [1.807, 2.05) is 49.4 Å². The summed E-state index contributed by atoms with van der Waals surface area (Å²) < 4.78 is 5.19. The first-order valence-electron chi connectivity index (χ1n) is 10.5. The van der Waals surface area contributed by atoms with Crippen LogP contribution in [0.1, 0.15) is 37.5 Å². The van der Waals surface area contributed by atoms with Gasteiger partial charge in [-0.2, -0.15) is 0 Å². The van der Waals surface area contributed by atoms with Gasteiger partial charge in [-0.3, -0.25) is 9.59 Å². The SMILES string of the molecule is COc1ccc(-c2cc(CNC(=O)c3ccccc3C(=O)c3ccc(C)cc3)ncn2)cc1. The highest BCUT2D eigenvalue weighted by atomic mass is 16.5. The number of aromatic nitrogens is 2. The number of rotatable bonds is 7. The highest BCUT2D eigenvalue weighted by molar-refractivity contribution is 6.15. The van der Waals surface area contributed by atoms with Gasteiger partial charge in [0, 0.05) is 16.7 Å². The van der Waals surface area contributed by atoms with Crippen molar-refractivity contribution in [2.24, 2.45) is 0 Å². The molecule has 0 saturated carbocycles. The predicted octanol–water partition coefficient (Wildman–Crippen LogP) is 4.62. The van der Waals surface area contributed by atoms with Gasteiger partial charge in [-0.05, 0) is 43.3 Å². The topological polar surface area (TPSA) is 81.2 Å². The van der Waals surface area contributed by atoms with Crippen molar-refractivity contribution in [2.45, 2.75) is 13.5 Å². The summed E-state index contributed by atoms with van der Waals surface area (Å²) in [6.45, 7) is 2.17. The minimum absolute atomic E-state index is 0.190. The van der Waals surface area contributed by atoms with Crippen LogP contribution < -0.4 is 10.1 Å². The van der Waals surface area contributed by atoms with Gasteiger partial charge in [-0.1, -0.05) is 48.0 Å². The number of benzene rings is 3. The fourth-order valence-electron chi connectivity index (χ4n) is 3.42. The van der Waals surface area contributed by atoms with Crippen molar-refractivity contribution in [1.29, 1.82) is 0 Å². The first kappa shape index (κ1) is 21.9. The number of ether oxygens (including phenoxy) is 1. The third-order valence-corrected chi connectivity index (χ3v) is 5.27. The van der Waals surface area contributed by atoms with Crippen molar-refractivity contribution >= 4 is 11.7 Å². The van der Waals surface area contributed by atoms with Crippen LogP contribution in [0.5, 0.6) is 5.75 Å². The molecule has 0 saturated heterocycles. The van der Waals surface area contributed by atoms with Crippen LogP contribution in [0.2, 0.25) is 0 Å². The number of hydrogen-bond acceptors (Lipinski definition) is 5. The van der Waals surface area contributed by atoms with E-state index in [0.29, 0.717) is 22.4 Å². The van der Waals surface area contributed by atoms with Crippen LogP contribution in [-0.2, 0) is 6.54 Å². The van der Waals surface area contributed by atoms with E-state index < -0.39 is 0 Å². The largest absolute Gasteiger partial charge is 0.497 e. The van der Waals surface area contributed by atoms with Crippen molar-refractivity contribution in [3.8, 4) is 17.0 Å². The van der Waals surface area contributed by atoms with E-state index in [9.17, 15) is 9.59 Å². The number of ketones is 1.